The maximum Gasteiger partial charge on any atom is 0.0122 e. The van der Waals surface area contributed by atoms with E-state index in [9.17, 15) is 0 Å². The van der Waals surface area contributed by atoms with E-state index in [1.807, 2.05) is 7.05 Å². The predicted octanol–water partition coefficient (Wildman–Crippen LogP) is 4.39. The molecule has 0 aromatic heterocycles. The van der Waals surface area contributed by atoms with Crippen LogP contribution in [-0.4, -0.2) is 12.6 Å². The molecule has 0 unspecified atom stereocenters. The molecule has 0 aliphatic rings. The van der Waals surface area contributed by atoms with Crippen LogP contribution in [0.5, 0.6) is 0 Å². The van der Waals surface area contributed by atoms with Gasteiger partial charge in [0.15, 0.2) is 0 Å². The van der Waals surface area contributed by atoms with Gasteiger partial charge in [-0.3, -0.25) is 0 Å². The Morgan fingerprint density at radius 1 is 0.938 bits per heavy atom. The fraction of sp³-hybridized carbons (Fsp3) is 0.867. The van der Waals surface area contributed by atoms with Gasteiger partial charge in [-0.25, -0.2) is 0 Å². The quantitative estimate of drug-likeness (QED) is 0.684. The first kappa shape index (κ1) is 15.7. The Morgan fingerprint density at radius 2 is 1.38 bits per heavy atom. The summed E-state index contributed by atoms with van der Waals surface area (Å²) in [4.78, 5) is 0. The lowest BCUT2D eigenvalue weighted by Crippen LogP contribution is -2.38. The zero-order chi connectivity index (χ0) is 13.2. The van der Waals surface area contributed by atoms with E-state index in [0.29, 0.717) is 0 Å². The van der Waals surface area contributed by atoms with Crippen molar-refractivity contribution in [2.75, 3.05) is 7.05 Å². The molecule has 0 fully saturated rings. The SMILES string of the molecule is C=C(C(C)(C)C)C(C)(C)CCC(C)(C)NC. The van der Waals surface area contributed by atoms with E-state index in [0.717, 1.165) is 0 Å². The maximum atomic E-state index is 4.30. The van der Waals surface area contributed by atoms with Crippen molar-refractivity contribution in [2.24, 2.45) is 10.8 Å². The Balaban J connectivity index is 4.54. The molecule has 96 valence electrons. The summed E-state index contributed by atoms with van der Waals surface area (Å²) in [5, 5.41) is 3.36. The van der Waals surface area contributed by atoms with Crippen LogP contribution < -0.4 is 5.32 Å². The van der Waals surface area contributed by atoms with Gasteiger partial charge in [0.1, 0.15) is 0 Å². The molecular formula is C15H31N. The number of rotatable bonds is 5. The highest BCUT2D eigenvalue weighted by Crippen LogP contribution is 2.42. The van der Waals surface area contributed by atoms with E-state index in [-0.39, 0.29) is 16.4 Å². The second-order valence-corrected chi connectivity index (χ2v) is 7.25. The highest BCUT2D eigenvalue weighted by Gasteiger charge is 2.31. The molecule has 16 heavy (non-hydrogen) atoms. The molecule has 0 saturated carbocycles. The molecular weight excluding hydrogens is 194 g/mol. The van der Waals surface area contributed by atoms with Crippen LogP contribution in [-0.2, 0) is 0 Å². The van der Waals surface area contributed by atoms with Crippen LogP contribution in [0.3, 0.4) is 0 Å². The standard InChI is InChI=1S/C15H31N/c1-12(13(2,3)4)14(5,6)10-11-15(7,8)16-9/h16H,1,10-11H2,2-9H3. The summed E-state index contributed by atoms with van der Waals surface area (Å²) in [6.45, 7) is 20.2. The molecule has 1 nitrogen and oxygen atoms in total. The monoisotopic (exact) mass is 225 g/mol. The van der Waals surface area contributed by atoms with Gasteiger partial charge in [-0.1, -0.05) is 46.8 Å². The number of hydrogen-bond donors (Lipinski definition) is 1. The fourth-order valence-corrected chi connectivity index (χ4v) is 1.92. The van der Waals surface area contributed by atoms with Gasteiger partial charge in [0.25, 0.3) is 0 Å². The molecule has 0 aromatic carbocycles. The average molecular weight is 225 g/mol. The summed E-state index contributed by atoms with van der Waals surface area (Å²) in [7, 11) is 2.03. The van der Waals surface area contributed by atoms with Crippen molar-refractivity contribution >= 4 is 0 Å². The molecule has 0 radical (unpaired) electrons. The van der Waals surface area contributed by atoms with Crippen molar-refractivity contribution < 1.29 is 0 Å². The van der Waals surface area contributed by atoms with Gasteiger partial charge >= 0.3 is 0 Å². The summed E-state index contributed by atoms with van der Waals surface area (Å²) in [5.74, 6) is 0. The van der Waals surface area contributed by atoms with Crippen LogP contribution >= 0.6 is 0 Å². The first-order chi connectivity index (χ1) is 6.92. The largest absolute Gasteiger partial charge is 0.315 e. The minimum absolute atomic E-state index is 0.202. The average Bonchev–Trinajstić information content (AvgIpc) is 2.13. The Kier molecular flexibility index (Phi) is 4.82. The Morgan fingerprint density at radius 3 is 1.69 bits per heavy atom. The minimum atomic E-state index is 0.202. The van der Waals surface area contributed by atoms with E-state index in [1.165, 1.54) is 18.4 Å². The van der Waals surface area contributed by atoms with E-state index in [1.54, 1.807) is 0 Å². The third-order valence-corrected chi connectivity index (χ3v) is 3.77. The van der Waals surface area contributed by atoms with Crippen molar-refractivity contribution in [3.8, 4) is 0 Å². The molecule has 0 rings (SSSR count). The second-order valence-electron chi connectivity index (χ2n) is 7.25. The third kappa shape index (κ3) is 4.69. The third-order valence-electron chi connectivity index (χ3n) is 3.77. The lowest BCUT2D eigenvalue weighted by Gasteiger charge is -2.38. The molecule has 0 aliphatic carbocycles. The summed E-state index contributed by atoms with van der Waals surface area (Å²) in [6, 6.07) is 0. The summed E-state index contributed by atoms with van der Waals surface area (Å²) in [6.07, 6.45) is 2.35. The second kappa shape index (κ2) is 4.91. The van der Waals surface area contributed by atoms with E-state index in [4.69, 9.17) is 0 Å². The van der Waals surface area contributed by atoms with Crippen LogP contribution in [0.25, 0.3) is 0 Å². The van der Waals surface area contributed by atoms with Gasteiger partial charge in [-0.2, -0.15) is 0 Å². The molecule has 0 spiro atoms. The van der Waals surface area contributed by atoms with Gasteiger partial charge in [0.2, 0.25) is 0 Å². The zero-order valence-electron chi connectivity index (χ0n) is 12.6. The van der Waals surface area contributed by atoms with E-state index < -0.39 is 0 Å². The molecule has 0 heterocycles. The van der Waals surface area contributed by atoms with Gasteiger partial charge in [-0.15, -0.1) is 0 Å². The van der Waals surface area contributed by atoms with Crippen LogP contribution in [0.2, 0.25) is 0 Å². The van der Waals surface area contributed by atoms with Crippen LogP contribution in [0, 0.1) is 10.8 Å². The number of allylic oxidation sites excluding steroid dienone is 1. The summed E-state index contributed by atoms with van der Waals surface area (Å²) in [5.41, 5.74) is 1.99. The van der Waals surface area contributed by atoms with Crippen LogP contribution in [0.15, 0.2) is 12.2 Å². The van der Waals surface area contributed by atoms with Crippen LogP contribution in [0.1, 0.15) is 61.3 Å². The lowest BCUT2D eigenvalue weighted by atomic mass is 9.68. The van der Waals surface area contributed by atoms with Gasteiger partial charge in [0, 0.05) is 5.54 Å². The van der Waals surface area contributed by atoms with Crippen LogP contribution in [0.4, 0.5) is 0 Å². The molecule has 1 N–H and O–H groups in total. The molecule has 0 saturated heterocycles. The molecule has 0 aromatic rings. The molecule has 0 bridgehead atoms. The maximum absolute atomic E-state index is 4.30. The zero-order valence-corrected chi connectivity index (χ0v) is 12.6. The lowest BCUT2D eigenvalue weighted by molar-refractivity contribution is 0.268. The van der Waals surface area contributed by atoms with Crippen molar-refractivity contribution in [1.29, 1.82) is 0 Å². The van der Waals surface area contributed by atoms with Crippen molar-refractivity contribution in [1.82, 2.24) is 5.32 Å². The van der Waals surface area contributed by atoms with Gasteiger partial charge < -0.3 is 5.32 Å². The molecule has 0 aliphatic heterocycles. The number of hydrogen-bond acceptors (Lipinski definition) is 1. The Bertz CT molecular complexity index is 241. The van der Waals surface area contributed by atoms with Crippen molar-refractivity contribution in [3.05, 3.63) is 12.2 Å². The van der Waals surface area contributed by atoms with Crippen molar-refractivity contribution in [3.63, 3.8) is 0 Å². The van der Waals surface area contributed by atoms with Crippen molar-refractivity contribution in [2.45, 2.75) is 66.8 Å². The highest BCUT2D eigenvalue weighted by molar-refractivity contribution is 5.14. The highest BCUT2D eigenvalue weighted by atomic mass is 14.9. The summed E-state index contributed by atoms with van der Waals surface area (Å²) >= 11 is 0. The fourth-order valence-electron chi connectivity index (χ4n) is 1.92. The predicted molar refractivity (Wildman–Crippen MR) is 74.7 cm³/mol. The topological polar surface area (TPSA) is 12.0 Å². The van der Waals surface area contributed by atoms with E-state index >= 15 is 0 Å². The minimum Gasteiger partial charge on any atom is -0.315 e. The molecule has 0 amide bonds. The Labute approximate surface area is 103 Å². The first-order valence-electron chi connectivity index (χ1n) is 6.31. The number of nitrogens with one attached hydrogen (secondary N) is 1. The van der Waals surface area contributed by atoms with Gasteiger partial charge in [0.05, 0.1) is 0 Å². The van der Waals surface area contributed by atoms with E-state index in [2.05, 4.69) is 60.4 Å². The van der Waals surface area contributed by atoms with Gasteiger partial charge in [-0.05, 0) is 44.6 Å². The smallest absolute Gasteiger partial charge is 0.0122 e. The normalized spacial score (nSPS) is 14.0. The first-order valence-corrected chi connectivity index (χ1v) is 6.31. The molecule has 1 heteroatoms. The summed E-state index contributed by atoms with van der Waals surface area (Å²) < 4.78 is 0. The molecule has 0 atom stereocenters. The Hall–Kier alpha value is -0.300.